The highest BCUT2D eigenvalue weighted by atomic mass is 32.2. The standard InChI is InChI=1S/C28H31FN2O5S/c1-5-35-22-11-9-21(10-12-22)31(37(33,34)23-13-7-20(29)8-14-23)18-27(32)30-25-17-28(3,4)36-26-15-6-19(2)16-24(25)26/h6-16,25H,5,17-18H2,1-4H3,(H,30,32). The van der Waals surface area contributed by atoms with E-state index in [1.54, 1.807) is 24.3 Å². The van der Waals surface area contributed by atoms with Crippen molar-refractivity contribution in [1.29, 1.82) is 0 Å². The maximum atomic E-state index is 13.6. The van der Waals surface area contributed by atoms with E-state index >= 15 is 0 Å². The van der Waals surface area contributed by atoms with Gasteiger partial charge in [-0.2, -0.15) is 0 Å². The van der Waals surface area contributed by atoms with E-state index in [0.29, 0.717) is 24.5 Å². The maximum absolute atomic E-state index is 13.6. The molecule has 0 fully saturated rings. The van der Waals surface area contributed by atoms with Crippen LogP contribution >= 0.6 is 0 Å². The molecule has 1 N–H and O–H groups in total. The number of carbonyl (C=O) groups excluding carboxylic acids is 1. The summed E-state index contributed by atoms with van der Waals surface area (Å²) in [4.78, 5) is 13.2. The molecule has 0 aromatic heterocycles. The Morgan fingerprint density at radius 2 is 1.78 bits per heavy atom. The highest BCUT2D eigenvalue weighted by Gasteiger charge is 2.35. The molecule has 0 radical (unpaired) electrons. The molecule has 0 saturated heterocycles. The second-order valence-corrected chi connectivity index (χ2v) is 11.5. The predicted molar refractivity (Wildman–Crippen MR) is 140 cm³/mol. The molecule has 4 rings (SSSR count). The summed E-state index contributed by atoms with van der Waals surface area (Å²) in [6.45, 7) is 7.69. The number of hydrogen-bond donors (Lipinski definition) is 1. The van der Waals surface area contributed by atoms with Gasteiger partial charge in [0.2, 0.25) is 5.91 Å². The van der Waals surface area contributed by atoms with Crippen molar-refractivity contribution in [3.8, 4) is 11.5 Å². The summed E-state index contributed by atoms with van der Waals surface area (Å²) >= 11 is 0. The van der Waals surface area contributed by atoms with E-state index in [0.717, 1.165) is 27.6 Å². The number of aryl methyl sites for hydroxylation is 1. The molecule has 3 aromatic rings. The fraction of sp³-hybridized carbons (Fsp3) is 0.321. The van der Waals surface area contributed by atoms with Gasteiger partial charge in [0.1, 0.15) is 29.5 Å². The summed E-state index contributed by atoms with van der Waals surface area (Å²) in [7, 11) is -4.18. The van der Waals surface area contributed by atoms with Crippen molar-refractivity contribution in [3.05, 3.63) is 83.7 Å². The Hall–Kier alpha value is -3.59. The largest absolute Gasteiger partial charge is 0.494 e. The molecule has 0 aliphatic carbocycles. The van der Waals surface area contributed by atoms with Crippen molar-refractivity contribution >= 4 is 21.6 Å². The fourth-order valence-electron chi connectivity index (χ4n) is 4.40. The molecule has 9 heteroatoms. The Labute approximate surface area is 217 Å². The minimum absolute atomic E-state index is 0.122. The van der Waals surface area contributed by atoms with Crippen LogP contribution in [0.3, 0.4) is 0 Å². The lowest BCUT2D eigenvalue weighted by atomic mass is 9.89. The zero-order valence-corrected chi connectivity index (χ0v) is 22.1. The SMILES string of the molecule is CCOc1ccc(N(CC(=O)NC2CC(C)(C)Oc3ccc(C)cc32)S(=O)(=O)c2ccc(F)cc2)cc1. The number of carbonyl (C=O) groups is 1. The van der Waals surface area contributed by atoms with Gasteiger partial charge in [-0.25, -0.2) is 12.8 Å². The fourth-order valence-corrected chi connectivity index (χ4v) is 5.82. The molecule has 1 heterocycles. The van der Waals surface area contributed by atoms with Gasteiger partial charge in [0, 0.05) is 12.0 Å². The van der Waals surface area contributed by atoms with Gasteiger partial charge in [-0.1, -0.05) is 17.7 Å². The number of nitrogens with one attached hydrogen (secondary N) is 1. The normalized spacial score (nSPS) is 16.3. The number of hydrogen-bond acceptors (Lipinski definition) is 5. The Kier molecular flexibility index (Phi) is 7.45. The average Bonchev–Trinajstić information content (AvgIpc) is 2.83. The van der Waals surface area contributed by atoms with Crippen molar-refractivity contribution < 1.29 is 27.1 Å². The Morgan fingerprint density at radius 1 is 1.11 bits per heavy atom. The van der Waals surface area contributed by atoms with Gasteiger partial charge >= 0.3 is 0 Å². The second-order valence-electron chi connectivity index (χ2n) is 9.62. The third-order valence-corrected chi connectivity index (χ3v) is 7.87. The molecule has 196 valence electrons. The number of fused-ring (bicyclic) bond motifs is 1. The van der Waals surface area contributed by atoms with E-state index in [-0.39, 0.29) is 16.6 Å². The summed E-state index contributed by atoms with van der Waals surface area (Å²) in [6, 6.07) is 16.4. The van der Waals surface area contributed by atoms with Gasteiger partial charge in [0.15, 0.2) is 0 Å². The van der Waals surface area contributed by atoms with Crippen LogP contribution in [0.15, 0.2) is 71.6 Å². The van der Waals surface area contributed by atoms with Crippen molar-refractivity contribution in [2.24, 2.45) is 0 Å². The molecule has 0 saturated carbocycles. The lowest BCUT2D eigenvalue weighted by Crippen LogP contribution is -2.45. The molecule has 1 aliphatic rings. The number of nitrogens with zero attached hydrogens (tertiary/aromatic N) is 1. The van der Waals surface area contributed by atoms with E-state index in [9.17, 15) is 17.6 Å². The minimum atomic E-state index is -4.18. The summed E-state index contributed by atoms with van der Waals surface area (Å²) in [5, 5.41) is 3.01. The molecule has 0 bridgehead atoms. The third-order valence-electron chi connectivity index (χ3n) is 6.08. The number of rotatable bonds is 8. The molecule has 0 spiro atoms. The highest BCUT2D eigenvalue weighted by molar-refractivity contribution is 7.92. The molecular formula is C28H31FN2O5S. The van der Waals surface area contributed by atoms with Crippen LogP contribution in [0.4, 0.5) is 10.1 Å². The Morgan fingerprint density at radius 3 is 2.43 bits per heavy atom. The second kappa shape index (κ2) is 10.4. The molecule has 1 unspecified atom stereocenters. The van der Waals surface area contributed by atoms with Gasteiger partial charge in [0.25, 0.3) is 10.0 Å². The van der Waals surface area contributed by atoms with Crippen molar-refractivity contribution in [1.82, 2.24) is 5.32 Å². The number of ether oxygens (including phenoxy) is 2. The van der Waals surface area contributed by atoms with Crippen LogP contribution in [0.5, 0.6) is 11.5 Å². The van der Waals surface area contributed by atoms with Gasteiger partial charge in [-0.15, -0.1) is 0 Å². The molecule has 7 nitrogen and oxygen atoms in total. The first-order valence-corrected chi connectivity index (χ1v) is 13.5. The lowest BCUT2D eigenvalue weighted by Gasteiger charge is -2.38. The van der Waals surface area contributed by atoms with Crippen LogP contribution < -0.4 is 19.1 Å². The summed E-state index contributed by atoms with van der Waals surface area (Å²) in [6.07, 6.45) is 0.517. The molecule has 3 aromatic carbocycles. The number of halogens is 1. The van der Waals surface area contributed by atoms with Crippen LogP contribution in [0.1, 0.15) is 44.4 Å². The number of sulfonamides is 1. The first-order chi connectivity index (χ1) is 17.5. The van der Waals surface area contributed by atoms with E-state index in [1.165, 1.54) is 12.1 Å². The monoisotopic (exact) mass is 526 g/mol. The first-order valence-electron chi connectivity index (χ1n) is 12.1. The molecule has 1 atom stereocenters. The van der Waals surface area contributed by atoms with E-state index in [1.807, 2.05) is 45.9 Å². The van der Waals surface area contributed by atoms with Crippen molar-refractivity contribution in [2.75, 3.05) is 17.5 Å². The van der Waals surface area contributed by atoms with E-state index in [2.05, 4.69) is 5.32 Å². The maximum Gasteiger partial charge on any atom is 0.264 e. The zero-order valence-electron chi connectivity index (χ0n) is 21.3. The number of benzene rings is 3. The van der Waals surface area contributed by atoms with Crippen LogP contribution in [0.2, 0.25) is 0 Å². The molecular weight excluding hydrogens is 495 g/mol. The first kappa shape index (κ1) is 26.5. The molecule has 1 aliphatic heterocycles. The van der Waals surface area contributed by atoms with Gasteiger partial charge in [0.05, 0.1) is 23.2 Å². The third kappa shape index (κ3) is 6.05. The van der Waals surface area contributed by atoms with Gasteiger partial charge in [-0.3, -0.25) is 9.10 Å². The highest BCUT2D eigenvalue weighted by Crippen LogP contribution is 2.40. The topological polar surface area (TPSA) is 84.9 Å². The predicted octanol–water partition coefficient (Wildman–Crippen LogP) is 5.15. The van der Waals surface area contributed by atoms with E-state index < -0.39 is 33.9 Å². The summed E-state index contributed by atoms with van der Waals surface area (Å²) in [5.74, 6) is 0.232. The van der Waals surface area contributed by atoms with Crippen LogP contribution in [-0.4, -0.2) is 33.1 Å². The van der Waals surface area contributed by atoms with Crippen LogP contribution in [0.25, 0.3) is 0 Å². The number of amides is 1. The average molecular weight is 527 g/mol. The van der Waals surface area contributed by atoms with Crippen LogP contribution in [0, 0.1) is 12.7 Å². The summed E-state index contributed by atoms with van der Waals surface area (Å²) < 4.78 is 53.3. The zero-order chi connectivity index (χ0) is 26.8. The summed E-state index contributed by atoms with van der Waals surface area (Å²) in [5.41, 5.74) is 1.64. The van der Waals surface area contributed by atoms with Crippen LogP contribution in [-0.2, 0) is 14.8 Å². The number of anilines is 1. The Balaban J connectivity index is 1.65. The van der Waals surface area contributed by atoms with Gasteiger partial charge < -0.3 is 14.8 Å². The molecule has 1 amide bonds. The smallest absolute Gasteiger partial charge is 0.264 e. The van der Waals surface area contributed by atoms with E-state index in [4.69, 9.17) is 9.47 Å². The minimum Gasteiger partial charge on any atom is -0.494 e. The Bertz CT molecular complexity index is 1370. The van der Waals surface area contributed by atoms with Gasteiger partial charge in [-0.05, 0) is 82.3 Å². The van der Waals surface area contributed by atoms with Crippen molar-refractivity contribution in [2.45, 2.75) is 50.7 Å². The lowest BCUT2D eigenvalue weighted by molar-refractivity contribution is -0.120. The van der Waals surface area contributed by atoms with Crippen molar-refractivity contribution in [3.63, 3.8) is 0 Å². The quantitative estimate of drug-likeness (QED) is 0.439. The molecule has 37 heavy (non-hydrogen) atoms.